The number of nitrogens with zero attached hydrogens (tertiary/aromatic N) is 3. The number of rotatable bonds is 3. The molecule has 4 nitrogen and oxygen atoms in total. The number of anilines is 1. The zero-order valence-electron chi connectivity index (χ0n) is 11.8. The third kappa shape index (κ3) is 3.02. The van der Waals surface area contributed by atoms with E-state index in [-0.39, 0.29) is 11.6 Å². The van der Waals surface area contributed by atoms with Gasteiger partial charge in [0, 0.05) is 36.4 Å². The van der Waals surface area contributed by atoms with Crippen molar-refractivity contribution in [2.75, 3.05) is 11.9 Å². The second kappa shape index (κ2) is 6.07. The number of aromatic nitrogens is 2. The van der Waals surface area contributed by atoms with Crippen molar-refractivity contribution in [3.05, 3.63) is 22.7 Å². The van der Waals surface area contributed by atoms with Gasteiger partial charge in [0.2, 0.25) is 0 Å². The minimum absolute atomic E-state index is 0.00488. The summed E-state index contributed by atoms with van der Waals surface area (Å²) in [5.41, 5.74) is 0.00488. The molecule has 0 aromatic carbocycles. The van der Waals surface area contributed by atoms with Gasteiger partial charge in [0.15, 0.2) is 5.82 Å². The summed E-state index contributed by atoms with van der Waals surface area (Å²) in [6.07, 6.45) is 8.25. The van der Waals surface area contributed by atoms with Gasteiger partial charge in [-0.15, -0.1) is 0 Å². The highest BCUT2D eigenvalue weighted by atomic mass is 79.9. The van der Waals surface area contributed by atoms with Crippen LogP contribution in [-0.2, 0) is 0 Å². The summed E-state index contributed by atoms with van der Waals surface area (Å²) in [4.78, 5) is 19.2. The van der Waals surface area contributed by atoms with E-state index in [1.165, 1.54) is 19.3 Å². The van der Waals surface area contributed by atoms with Crippen molar-refractivity contribution in [2.24, 2.45) is 0 Å². The maximum atomic E-state index is 12.4. The zero-order valence-corrected chi connectivity index (χ0v) is 13.4. The molecule has 1 aliphatic carbocycles. The van der Waals surface area contributed by atoms with Gasteiger partial charge in [-0.3, -0.25) is 4.79 Å². The Bertz CT molecular complexity index is 486. The van der Waals surface area contributed by atoms with Gasteiger partial charge < -0.3 is 9.47 Å². The van der Waals surface area contributed by atoms with Gasteiger partial charge in [-0.1, -0.05) is 28.8 Å². The Hall–Kier alpha value is -0.840. The van der Waals surface area contributed by atoms with Crippen LogP contribution in [0.2, 0.25) is 0 Å². The third-order valence-corrected chi connectivity index (χ3v) is 4.95. The Labute approximate surface area is 123 Å². The molecule has 0 spiro atoms. The molecule has 2 rings (SSSR count). The Kier molecular flexibility index (Phi) is 4.66. The summed E-state index contributed by atoms with van der Waals surface area (Å²) in [5.74, 6) is 0.563. The molecular weight excluding hydrogens is 306 g/mol. The van der Waals surface area contributed by atoms with Crippen molar-refractivity contribution in [1.82, 2.24) is 9.55 Å². The van der Waals surface area contributed by atoms with Crippen molar-refractivity contribution >= 4 is 21.7 Å². The van der Waals surface area contributed by atoms with Gasteiger partial charge in [-0.25, -0.2) is 4.98 Å². The topological polar surface area (TPSA) is 38.1 Å². The maximum absolute atomic E-state index is 12.4. The Morgan fingerprint density at radius 3 is 2.74 bits per heavy atom. The molecule has 0 saturated heterocycles. The molecule has 0 aliphatic heterocycles. The molecule has 0 radical (unpaired) electrons. The summed E-state index contributed by atoms with van der Waals surface area (Å²) in [6, 6.07) is 0.519. The lowest BCUT2D eigenvalue weighted by atomic mass is 9.94. The minimum Gasteiger partial charge on any atom is -0.351 e. The van der Waals surface area contributed by atoms with Crippen LogP contribution in [0.4, 0.5) is 5.82 Å². The molecule has 1 aromatic rings. The summed E-state index contributed by atoms with van der Waals surface area (Å²) in [6.45, 7) is 4.03. The number of hydrogen-bond acceptors (Lipinski definition) is 3. The van der Waals surface area contributed by atoms with Crippen LogP contribution in [0.25, 0.3) is 0 Å². The first kappa shape index (κ1) is 14.6. The predicted octanol–water partition coefficient (Wildman–Crippen LogP) is 2.97. The van der Waals surface area contributed by atoms with Crippen LogP contribution < -0.4 is 10.5 Å². The van der Waals surface area contributed by atoms with Gasteiger partial charge in [-0.05, 0) is 26.7 Å². The van der Waals surface area contributed by atoms with E-state index >= 15 is 0 Å². The maximum Gasteiger partial charge on any atom is 0.293 e. The molecule has 5 heteroatoms. The molecule has 1 aliphatic rings. The molecule has 1 saturated carbocycles. The quantitative estimate of drug-likeness (QED) is 0.801. The van der Waals surface area contributed by atoms with Crippen molar-refractivity contribution in [3.8, 4) is 0 Å². The molecule has 1 aromatic heterocycles. The Morgan fingerprint density at radius 2 is 2.11 bits per heavy atom. The smallest absolute Gasteiger partial charge is 0.293 e. The van der Waals surface area contributed by atoms with Gasteiger partial charge in [0.05, 0.1) is 0 Å². The number of alkyl halides is 1. The van der Waals surface area contributed by atoms with Gasteiger partial charge in [-0.2, -0.15) is 0 Å². The van der Waals surface area contributed by atoms with E-state index in [1.807, 2.05) is 20.9 Å². The first-order valence-corrected chi connectivity index (χ1v) is 7.88. The van der Waals surface area contributed by atoms with Gasteiger partial charge in [0.25, 0.3) is 5.56 Å². The highest BCUT2D eigenvalue weighted by molar-refractivity contribution is 9.09. The minimum atomic E-state index is 0.00488. The van der Waals surface area contributed by atoms with Gasteiger partial charge in [0.1, 0.15) is 0 Å². The van der Waals surface area contributed by atoms with Crippen LogP contribution >= 0.6 is 15.9 Å². The molecule has 0 bridgehead atoms. The molecule has 0 N–H and O–H groups in total. The summed E-state index contributed by atoms with van der Waals surface area (Å²) < 4.78 is 1.74. The van der Waals surface area contributed by atoms with E-state index in [0.29, 0.717) is 16.7 Å². The Morgan fingerprint density at radius 1 is 1.42 bits per heavy atom. The molecule has 0 amide bonds. The van der Waals surface area contributed by atoms with E-state index in [0.717, 1.165) is 6.42 Å². The average Bonchev–Trinajstić information content (AvgIpc) is 2.38. The Balaban J connectivity index is 2.31. The lowest BCUT2D eigenvalue weighted by molar-refractivity contribution is 0.439. The normalized spacial score (nSPS) is 23.6. The molecule has 2 unspecified atom stereocenters. The molecule has 106 valence electrons. The zero-order chi connectivity index (χ0) is 14.0. The van der Waals surface area contributed by atoms with Crippen molar-refractivity contribution in [3.63, 3.8) is 0 Å². The summed E-state index contributed by atoms with van der Waals surface area (Å²) in [5, 5.41) is 0. The van der Waals surface area contributed by atoms with E-state index < -0.39 is 0 Å². The van der Waals surface area contributed by atoms with E-state index in [4.69, 9.17) is 0 Å². The van der Waals surface area contributed by atoms with E-state index in [1.54, 1.807) is 17.0 Å². The fraction of sp³-hybridized carbons (Fsp3) is 0.714. The first-order valence-electron chi connectivity index (χ1n) is 6.96. The molecular formula is C14H22BrN3O. The number of halogens is 1. The lowest BCUT2D eigenvalue weighted by Crippen LogP contribution is -2.44. The van der Waals surface area contributed by atoms with Crippen LogP contribution in [0.5, 0.6) is 0 Å². The van der Waals surface area contributed by atoms with Crippen LogP contribution in [0.1, 0.15) is 45.6 Å². The molecule has 19 heavy (non-hydrogen) atoms. The lowest BCUT2D eigenvalue weighted by Gasteiger charge is -2.35. The summed E-state index contributed by atoms with van der Waals surface area (Å²) >= 11 is 3.75. The molecule has 1 fully saturated rings. The monoisotopic (exact) mass is 327 g/mol. The van der Waals surface area contributed by atoms with Crippen LogP contribution in [0.15, 0.2) is 17.2 Å². The van der Waals surface area contributed by atoms with E-state index in [9.17, 15) is 4.79 Å². The fourth-order valence-electron chi connectivity index (χ4n) is 2.72. The van der Waals surface area contributed by atoms with Crippen molar-refractivity contribution in [1.29, 1.82) is 0 Å². The summed E-state index contributed by atoms with van der Waals surface area (Å²) in [7, 11) is 1.98. The SMILES string of the molecule is CC(C)n1ccnc(N(C)C2CCCCC2Br)c1=O. The highest BCUT2D eigenvalue weighted by Gasteiger charge is 2.28. The average molecular weight is 328 g/mol. The first-order chi connectivity index (χ1) is 9.02. The van der Waals surface area contributed by atoms with Crippen molar-refractivity contribution in [2.45, 2.75) is 56.4 Å². The van der Waals surface area contributed by atoms with Crippen molar-refractivity contribution < 1.29 is 0 Å². The highest BCUT2D eigenvalue weighted by Crippen LogP contribution is 2.29. The largest absolute Gasteiger partial charge is 0.351 e. The predicted molar refractivity (Wildman–Crippen MR) is 82.3 cm³/mol. The van der Waals surface area contributed by atoms with E-state index in [2.05, 4.69) is 25.8 Å². The molecule has 2 atom stereocenters. The second-order valence-corrected chi connectivity index (χ2v) is 6.71. The second-order valence-electron chi connectivity index (χ2n) is 5.54. The van der Waals surface area contributed by atoms with Crippen LogP contribution in [-0.4, -0.2) is 27.5 Å². The fourth-order valence-corrected chi connectivity index (χ4v) is 3.66. The van der Waals surface area contributed by atoms with Crippen LogP contribution in [0, 0.1) is 0 Å². The number of hydrogen-bond donors (Lipinski definition) is 0. The van der Waals surface area contributed by atoms with Gasteiger partial charge >= 0.3 is 0 Å². The molecule has 1 heterocycles. The van der Waals surface area contributed by atoms with Crippen LogP contribution in [0.3, 0.4) is 0 Å². The third-order valence-electron chi connectivity index (χ3n) is 3.89. The standard InChI is InChI=1S/C14H22BrN3O/c1-10(2)18-9-8-16-13(14(18)19)17(3)12-7-5-4-6-11(12)15/h8-12H,4-7H2,1-3H3.